The Labute approximate surface area is 165 Å². The molecule has 1 radical (unpaired) electrons. The fourth-order valence-electron chi connectivity index (χ4n) is 1.97. The third-order valence-corrected chi connectivity index (χ3v) is 3.10. The largest absolute Gasteiger partial charge is 3.00 e. The van der Waals surface area contributed by atoms with E-state index in [1.807, 2.05) is 36.4 Å². The van der Waals surface area contributed by atoms with Gasteiger partial charge in [-0.3, -0.25) is 12.2 Å². The summed E-state index contributed by atoms with van der Waals surface area (Å²) < 4.78 is 0. The van der Waals surface area contributed by atoms with Crippen LogP contribution >= 0.6 is 0 Å². The van der Waals surface area contributed by atoms with Crippen molar-refractivity contribution in [3.05, 3.63) is 127 Å². The molecular weight excluding hydrogens is 367 g/mol. The zero-order chi connectivity index (χ0) is 16.0. The van der Waals surface area contributed by atoms with E-state index in [9.17, 15) is 0 Å². The van der Waals surface area contributed by atoms with Crippen LogP contribution in [0.2, 0.25) is 0 Å². The molecule has 0 spiro atoms. The Kier molecular flexibility index (Phi) is 11.4. The van der Waals surface area contributed by atoms with Crippen LogP contribution in [-0.4, -0.2) is 0 Å². The molecule has 0 aliphatic heterocycles. The van der Waals surface area contributed by atoms with Crippen LogP contribution in [0.15, 0.2) is 97.1 Å². The van der Waals surface area contributed by atoms with Crippen molar-refractivity contribution in [2.75, 3.05) is 0 Å². The van der Waals surface area contributed by atoms with Crippen LogP contribution in [0.3, 0.4) is 0 Å². The zero-order valence-corrected chi connectivity index (χ0v) is 16.2. The van der Waals surface area contributed by atoms with E-state index in [4.69, 9.17) is 0 Å². The predicted molar refractivity (Wildman–Crippen MR) is 98.5 cm³/mol. The van der Waals surface area contributed by atoms with Gasteiger partial charge < -0.3 is 0 Å². The summed E-state index contributed by atoms with van der Waals surface area (Å²) in [6.45, 7) is 0. The van der Waals surface area contributed by atoms with E-state index in [1.54, 1.807) is 0 Å². The first kappa shape index (κ1) is 20.2. The van der Waals surface area contributed by atoms with Crippen molar-refractivity contribution in [3.8, 4) is 0 Å². The van der Waals surface area contributed by atoms with Crippen molar-refractivity contribution < 1.29 is 26.2 Å². The Morgan fingerprint density at radius 2 is 1.04 bits per heavy atom. The summed E-state index contributed by atoms with van der Waals surface area (Å²) in [7, 11) is 0. The second kappa shape index (κ2) is 13.6. The Bertz CT molecular complexity index is 569. The third kappa shape index (κ3) is 9.33. The van der Waals surface area contributed by atoms with Crippen LogP contribution in [0, 0.1) is 18.6 Å². The van der Waals surface area contributed by atoms with E-state index in [1.165, 1.54) is 11.1 Å². The molecule has 0 bridgehead atoms. The van der Waals surface area contributed by atoms with Crippen molar-refractivity contribution in [1.82, 2.24) is 0 Å². The van der Waals surface area contributed by atoms with E-state index in [-0.39, 0.29) is 26.2 Å². The van der Waals surface area contributed by atoms with E-state index >= 15 is 0 Å². The molecule has 0 saturated carbocycles. The quantitative estimate of drug-likeness (QED) is 0.562. The molecule has 117 valence electrons. The molecule has 0 amide bonds. The summed E-state index contributed by atoms with van der Waals surface area (Å²) in [4.78, 5) is 0. The smallest absolute Gasteiger partial charge is 0.273 e. The fraction of sp³-hybridized carbons (Fsp3) is 0.0870. The summed E-state index contributed by atoms with van der Waals surface area (Å²) in [5.41, 5.74) is 2.49. The summed E-state index contributed by atoms with van der Waals surface area (Å²) >= 11 is 0. The topological polar surface area (TPSA) is 0 Å². The second-order valence-electron chi connectivity index (χ2n) is 4.97. The maximum absolute atomic E-state index is 2.99. The molecule has 4 rings (SSSR count). The number of benzene rings is 2. The molecule has 24 heavy (non-hydrogen) atoms. The number of hydrogen-bond donors (Lipinski definition) is 0. The van der Waals surface area contributed by atoms with E-state index in [0.29, 0.717) is 0 Å². The first-order valence-corrected chi connectivity index (χ1v) is 7.83. The standard InChI is InChI=1S/C13H11.2C5H5.Zr/c1-3-7-12(8-4-1)11-13-9-5-2-6-10-13;2*1-2-4-5-3-1;/h1-11H;2*1-3H,4H2;/q3*-1;+3. The number of hydrogen-bond acceptors (Lipinski definition) is 0. The maximum atomic E-state index is 2.99. The summed E-state index contributed by atoms with van der Waals surface area (Å²) in [6.07, 6.45) is 22.2. The predicted octanol–water partition coefficient (Wildman–Crippen LogP) is 5.90. The molecule has 0 N–H and O–H groups in total. The first-order chi connectivity index (χ1) is 11.4. The van der Waals surface area contributed by atoms with Gasteiger partial charge in [-0.1, -0.05) is 36.4 Å². The van der Waals surface area contributed by atoms with Crippen LogP contribution in [0.1, 0.15) is 24.0 Å². The summed E-state index contributed by atoms with van der Waals surface area (Å²) in [6, 6.07) is 20.7. The molecule has 0 unspecified atom stereocenters. The molecule has 0 aromatic heterocycles. The molecule has 2 aromatic rings. The van der Waals surface area contributed by atoms with E-state index < -0.39 is 0 Å². The van der Waals surface area contributed by atoms with Gasteiger partial charge in [0, 0.05) is 0 Å². The van der Waals surface area contributed by atoms with Gasteiger partial charge in [0.05, 0.1) is 0 Å². The Hall–Kier alpha value is -1.85. The van der Waals surface area contributed by atoms with Crippen molar-refractivity contribution >= 4 is 0 Å². The first-order valence-electron chi connectivity index (χ1n) is 7.83. The Morgan fingerprint density at radius 1 is 0.625 bits per heavy atom. The van der Waals surface area contributed by atoms with Crippen molar-refractivity contribution in [1.29, 1.82) is 0 Å². The fourth-order valence-corrected chi connectivity index (χ4v) is 1.97. The minimum absolute atomic E-state index is 0. The van der Waals surface area contributed by atoms with Gasteiger partial charge in [0.25, 0.3) is 0 Å². The third-order valence-electron chi connectivity index (χ3n) is 3.10. The van der Waals surface area contributed by atoms with Gasteiger partial charge in [0.1, 0.15) is 0 Å². The SMILES string of the molecule is [C-]1=CC=CC1.[C-]1=CC=CC1.[Zr+3].c1ccc([CH-]c2ccccc2)cc1. The van der Waals surface area contributed by atoms with Gasteiger partial charge in [-0.2, -0.15) is 12.2 Å². The molecule has 0 saturated heterocycles. The monoisotopic (exact) mass is 387 g/mol. The molecule has 0 atom stereocenters. The van der Waals surface area contributed by atoms with Crippen LogP contribution in [-0.2, 0) is 26.2 Å². The molecular formula is C23H21Zr. The van der Waals surface area contributed by atoms with Crippen LogP contribution < -0.4 is 0 Å². The number of allylic oxidation sites excluding steroid dienone is 8. The number of rotatable bonds is 2. The van der Waals surface area contributed by atoms with Crippen LogP contribution in [0.4, 0.5) is 0 Å². The van der Waals surface area contributed by atoms with Gasteiger partial charge in [0.2, 0.25) is 0 Å². The van der Waals surface area contributed by atoms with Crippen molar-refractivity contribution in [2.45, 2.75) is 12.8 Å². The average molecular weight is 389 g/mol. The summed E-state index contributed by atoms with van der Waals surface area (Å²) in [5.74, 6) is 0. The van der Waals surface area contributed by atoms with Gasteiger partial charge in [-0.25, -0.2) is 24.3 Å². The molecule has 0 heterocycles. The van der Waals surface area contributed by atoms with Crippen molar-refractivity contribution in [3.63, 3.8) is 0 Å². The molecule has 1 heteroatoms. The van der Waals surface area contributed by atoms with Crippen LogP contribution in [0.5, 0.6) is 0 Å². The van der Waals surface area contributed by atoms with Gasteiger partial charge >= 0.3 is 26.2 Å². The molecule has 0 fully saturated rings. The molecule has 2 aromatic carbocycles. The Balaban J connectivity index is 0.000000216. The Morgan fingerprint density at radius 3 is 1.29 bits per heavy atom. The van der Waals surface area contributed by atoms with Gasteiger partial charge in [-0.15, -0.1) is 54.7 Å². The molecule has 0 nitrogen and oxygen atoms in total. The molecule has 2 aliphatic carbocycles. The van der Waals surface area contributed by atoms with E-state index in [2.05, 4.69) is 79.3 Å². The minimum atomic E-state index is 0. The van der Waals surface area contributed by atoms with Gasteiger partial charge in [-0.05, 0) is 0 Å². The van der Waals surface area contributed by atoms with Gasteiger partial charge in [0.15, 0.2) is 0 Å². The summed E-state index contributed by atoms with van der Waals surface area (Å²) in [5, 5.41) is 0. The minimum Gasteiger partial charge on any atom is -0.273 e. The normalized spacial score (nSPS) is 12.5. The second-order valence-corrected chi connectivity index (χ2v) is 4.97. The maximum Gasteiger partial charge on any atom is 3.00 e. The average Bonchev–Trinajstić information content (AvgIpc) is 3.35. The van der Waals surface area contributed by atoms with Crippen molar-refractivity contribution in [2.24, 2.45) is 0 Å². The molecule has 2 aliphatic rings. The van der Waals surface area contributed by atoms with Crippen LogP contribution in [0.25, 0.3) is 0 Å². The van der Waals surface area contributed by atoms with E-state index in [0.717, 1.165) is 12.8 Å². The zero-order valence-electron chi connectivity index (χ0n) is 13.7.